The van der Waals surface area contributed by atoms with E-state index >= 15 is 0 Å². The van der Waals surface area contributed by atoms with Crippen molar-refractivity contribution >= 4 is 12.6 Å². The molecule has 1 aromatic carbocycles. The fraction of sp³-hybridized carbons (Fsp3) is 0.500. The first kappa shape index (κ1) is 16.3. The number of nitrogens with zero attached hydrogens (tertiary/aromatic N) is 2. The summed E-state index contributed by atoms with van der Waals surface area (Å²) in [5.41, 5.74) is 0.983. The molecule has 1 amide bonds. The average Bonchev–Trinajstić information content (AvgIpc) is 2.56. The first-order valence-electron chi connectivity index (χ1n) is 7.42. The lowest BCUT2D eigenvalue weighted by Crippen LogP contribution is -2.49. The summed E-state index contributed by atoms with van der Waals surface area (Å²) in [5.74, 6) is 0. The van der Waals surface area contributed by atoms with Gasteiger partial charge in [0.1, 0.15) is 12.7 Å². The third kappa shape index (κ3) is 4.73. The van der Waals surface area contributed by atoms with Gasteiger partial charge in [-0.25, -0.2) is 9.59 Å². The zero-order chi connectivity index (χ0) is 15.8. The van der Waals surface area contributed by atoms with Crippen molar-refractivity contribution in [1.82, 2.24) is 9.80 Å². The van der Waals surface area contributed by atoms with E-state index in [0.29, 0.717) is 26.2 Å². The Morgan fingerprint density at radius 1 is 1.23 bits per heavy atom. The van der Waals surface area contributed by atoms with Crippen LogP contribution >= 0.6 is 0 Å². The van der Waals surface area contributed by atoms with Gasteiger partial charge < -0.3 is 14.4 Å². The molecule has 1 fully saturated rings. The van der Waals surface area contributed by atoms with E-state index < -0.39 is 0 Å². The minimum Gasteiger partial charge on any atom is -0.456 e. The van der Waals surface area contributed by atoms with Crippen LogP contribution in [0.1, 0.15) is 18.6 Å². The van der Waals surface area contributed by atoms with E-state index in [1.165, 1.54) is 6.47 Å². The molecule has 22 heavy (non-hydrogen) atoms. The SMILES string of the molecule is CC(OC(=O)N1CCN(CCO[C]=O)CC1)c1ccccc1. The van der Waals surface area contributed by atoms with Crippen LogP contribution in [0, 0.1) is 0 Å². The zero-order valence-corrected chi connectivity index (χ0v) is 12.7. The molecule has 2 rings (SSSR count). The lowest BCUT2D eigenvalue weighted by molar-refractivity contribution is 0.0491. The van der Waals surface area contributed by atoms with Crippen molar-refractivity contribution in [2.75, 3.05) is 39.3 Å². The number of amides is 1. The second-order valence-corrected chi connectivity index (χ2v) is 5.20. The topological polar surface area (TPSA) is 59.1 Å². The Morgan fingerprint density at radius 3 is 2.55 bits per heavy atom. The molecule has 1 aliphatic rings. The molecule has 6 heteroatoms. The predicted molar refractivity (Wildman–Crippen MR) is 81.0 cm³/mol. The van der Waals surface area contributed by atoms with Crippen molar-refractivity contribution in [2.45, 2.75) is 13.0 Å². The summed E-state index contributed by atoms with van der Waals surface area (Å²) in [4.78, 5) is 26.0. The Bertz CT molecular complexity index is 472. The van der Waals surface area contributed by atoms with Crippen LogP contribution in [0.15, 0.2) is 30.3 Å². The second-order valence-electron chi connectivity index (χ2n) is 5.20. The number of hydrogen-bond donors (Lipinski definition) is 0. The summed E-state index contributed by atoms with van der Waals surface area (Å²) in [6, 6.07) is 9.68. The zero-order valence-electron chi connectivity index (χ0n) is 12.7. The lowest BCUT2D eigenvalue weighted by Gasteiger charge is -2.34. The van der Waals surface area contributed by atoms with Crippen LogP contribution in [0.3, 0.4) is 0 Å². The molecule has 1 saturated heterocycles. The highest BCUT2D eigenvalue weighted by molar-refractivity contribution is 5.68. The van der Waals surface area contributed by atoms with Crippen LogP contribution in [-0.4, -0.2) is 61.7 Å². The van der Waals surface area contributed by atoms with Crippen LogP contribution < -0.4 is 0 Å². The van der Waals surface area contributed by atoms with Gasteiger partial charge in [-0.05, 0) is 12.5 Å². The van der Waals surface area contributed by atoms with Gasteiger partial charge in [0, 0.05) is 32.7 Å². The number of rotatable bonds is 6. The molecule has 1 radical (unpaired) electrons. The summed E-state index contributed by atoms with van der Waals surface area (Å²) in [7, 11) is 0. The van der Waals surface area contributed by atoms with E-state index in [2.05, 4.69) is 9.64 Å². The Kier molecular flexibility index (Phi) is 6.21. The van der Waals surface area contributed by atoms with E-state index in [1.54, 1.807) is 4.90 Å². The van der Waals surface area contributed by atoms with Gasteiger partial charge in [-0.3, -0.25) is 4.90 Å². The summed E-state index contributed by atoms with van der Waals surface area (Å²) in [5, 5.41) is 0. The summed E-state index contributed by atoms with van der Waals surface area (Å²) in [6.45, 7) is 7.01. The molecule has 0 bridgehead atoms. The monoisotopic (exact) mass is 305 g/mol. The van der Waals surface area contributed by atoms with E-state index in [-0.39, 0.29) is 12.2 Å². The minimum atomic E-state index is -0.284. The summed E-state index contributed by atoms with van der Waals surface area (Å²) >= 11 is 0. The number of benzene rings is 1. The third-order valence-electron chi connectivity index (χ3n) is 3.75. The first-order valence-corrected chi connectivity index (χ1v) is 7.42. The van der Waals surface area contributed by atoms with Gasteiger partial charge in [0.25, 0.3) is 0 Å². The molecule has 0 aliphatic carbocycles. The van der Waals surface area contributed by atoms with Crippen LogP contribution in [0.5, 0.6) is 0 Å². The third-order valence-corrected chi connectivity index (χ3v) is 3.75. The van der Waals surface area contributed by atoms with Gasteiger partial charge in [0.15, 0.2) is 0 Å². The normalized spacial score (nSPS) is 16.9. The largest absolute Gasteiger partial charge is 0.456 e. The van der Waals surface area contributed by atoms with Crippen molar-refractivity contribution in [2.24, 2.45) is 0 Å². The smallest absolute Gasteiger partial charge is 0.417 e. The average molecular weight is 305 g/mol. The quantitative estimate of drug-likeness (QED) is 0.747. The molecule has 6 nitrogen and oxygen atoms in total. The molecule has 1 atom stereocenters. The van der Waals surface area contributed by atoms with E-state index in [1.807, 2.05) is 37.3 Å². The van der Waals surface area contributed by atoms with Crippen molar-refractivity contribution < 1.29 is 19.1 Å². The van der Waals surface area contributed by atoms with Crippen molar-refractivity contribution in [1.29, 1.82) is 0 Å². The number of hydrogen-bond acceptors (Lipinski definition) is 5. The van der Waals surface area contributed by atoms with Crippen molar-refractivity contribution in [3.05, 3.63) is 35.9 Å². The maximum absolute atomic E-state index is 12.2. The minimum absolute atomic E-state index is 0.261. The number of piperazine rings is 1. The molecule has 1 aliphatic heterocycles. The van der Waals surface area contributed by atoms with Gasteiger partial charge in [-0.15, -0.1) is 0 Å². The van der Waals surface area contributed by atoms with Crippen LogP contribution in [0.25, 0.3) is 0 Å². The maximum Gasteiger partial charge on any atom is 0.417 e. The highest BCUT2D eigenvalue weighted by Crippen LogP contribution is 2.17. The van der Waals surface area contributed by atoms with Gasteiger partial charge >= 0.3 is 12.6 Å². The summed E-state index contributed by atoms with van der Waals surface area (Å²) < 4.78 is 10.1. The van der Waals surface area contributed by atoms with Crippen LogP contribution in [-0.2, 0) is 14.3 Å². The number of carbonyl (C=O) groups excluding carboxylic acids is 2. The molecule has 119 valence electrons. The van der Waals surface area contributed by atoms with Gasteiger partial charge in [-0.1, -0.05) is 30.3 Å². The standard InChI is InChI=1S/C16H21N2O4/c1-14(15-5-3-2-4-6-15)22-16(20)18-9-7-17(8-10-18)11-12-21-13-19/h2-6,14H,7-12H2,1H3. The van der Waals surface area contributed by atoms with E-state index in [0.717, 1.165) is 18.7 Å². The molecule has 0 N–H and O–H groups in total. The maximum atomic E-state index is 12.2. The Labute approximate surface area is 130 Å². The molecule has 0 aromatic heterocycles. The second kappa shape index (κ2) is 8.38. The molecule has 1 heterocycles. The van der Waals surface area contributed by atoms with Gasteiger partial charge in [-0.2, -0.15) is 0 Å². The number of ether oxygens (including phenoxy) is 2. The Morgan fingerprint density at radius 2 is 1.91 bits per heavy atom. The molecule has 1 unspecified atom stereocenters. The number of carbonyl (C=O) groups is 1. The first-order chi connectivity index (χ1) is 10.7. The molecular weight excluding hydrogens is 284 g/mol. The Hall–Kier alpha value is -2.08. The van der Waals surface area contributed by atoms with Crippen LogP contribution in [0.4, 0.5) is 4.79 Å². The predicted octanol–water partition coefficient (Wildman–Crippen LogP) is 1.59. The van der Waals surface area contributed by atoms with Crippen LogP contribution in [0.2, 0.25) is 0 Å². The molecular formula is C16H21N2O4. The molecule has 0 spiro atoms. The summed E-state index contributed by atoms with van der Waals surface area (Å²) in [6.07, 6.45) is -0.545. The Balaban J connectivity index is 1.74. The van der Waals surface area contributed by atoms with E-state index in [4.69, 9.17) is 4.74 Å². The van der Waals surface area contributed by atoms with Crippen molar-refractivity contribution in [3.63, 3.8) is 0 Å². The molecule has 1 aromatic rings. The molecule has 0 saturated carbocycles. The van der Waals surface area contributed by atoms with Crippen molar-refractivity contribution in [3.8, 4) is 0 Å². The van der Waals surface area contributed by atoms with E-state index in [9.17, 15) is 9.59 Å². The van der Waals surface area contributed by atoms with Gasteiger partial charge in [0.05, 0.1) is 0 Å². The highest BCUT2D eigenvalue weighted by Gasteiger charge is 2.23. The fourth-order valence-corrected chi connectivity index (χ4v) is 2.39. The highest BCUT2D eigenvalue weighted by atomic mass is 16.6. The lowest BCUT2D eigenvalue weighted by atomic mass is 10.1. The van der Waals surface area contributed by atoms with Gasteiger partial charge in [0.2, 0.25) is 0 Å². The fourth-order valence-electron chi connectivity index (χ4n) is 2.39.